The topological polar surface area (TPSA) is 264 Å². The van der Waals surface area contributed by atoms with Gasteiger partial charge in [-0.25, -0.2) is 14.4 Å². The number of aromatic nitrogens is 4. The van der Waals surface area contributed by atoms with Gasteiger partial charge >= 0.3 is 0 Å². The molecule has 2 aliphatic rings. The summed E-state index contributed by atoms with van der Waals surface area (Å²) in [6, 6.07) is 13.0. The summed E-state index contributed by atoms with van der Waals surface area (Å²) >= 11 is 0. The lowest BCUT2D eigenvalue weighted by Gasteiger charge is -2.36. The Balaban J connectivity index is 0.993. The number of halogens is 1. The highest BCUT2D eigenvalue weighted by molar-refractivity contribution is 5.96. The standard InChI is InChI=1S/C53H72FN13O8/c1-10-39(34-14-12-11-13-15-34)60-49(70)42-27-36(30-66(42)52(72)46(53(4,5)6)62-48(69)32(2)57-7)58-19-23-74-25-24-73-22-18-44(68)64(8)20-21-67-43-31-65(9)51(71)37-17-16-35(54)26-38(37)33(3)75-50-47(56)59-29-41(61-50)45(43)40(28-55)63-67/h11-17,26,29,32-33,36,39,42,46,57-58H,10,18-25,27,30-31H2,1-9H3,(H2,56,59)(H,60,70)(H,62,69)/t32-,33+,36-,39+,42-,46?/m0/s1. The van der Waals surface area contributed by atoms with E-state index in [9.17, 15) is 33.6 Å². The van der Waals surface area contributed by atoms with E-state index in [1.54, 1.807) is 44.6 Å². The Kier molecular flexibility index (Phi) is 19.8. The van der Waals surface area contributed by atoms with Crippen LogP contribution in [-0.4, -0.2) is 155 Å². The second-order valence-electron chi connectivity index (χ2n) is 20.0. The number of nitriles is 1. The monoisotopic (exact) mass is 1040 g/mol. The molecular weight excluding hydrogens is 966 g/mol. The van der Waals surface area contributed by atoms with Gasteiger partial charge in [0.25, 0.3) is 11.8 Å². The van der Waals surface area contributed by atoms with E-state index in [1.165, 1.54) is 34.2 Å². The van der Waals surface area contributed by atoms with Gasteiger partial charge in [0, 0.05) is 50.9 Å². The number of hydrogen-bond donors (Lipinski definition) is 5. The fourth-order valence-electron chi connectivity index (χ4n) is 9.02. The van der Waals surface area contributed by atoms with Crippen molar-refractivity contribution in [2.24, 2.45) is 5.41 Å². The van der Waals surface area contributed by atoms with E-state index in [-0.39, 0.29) is 122 Å². The number of carbonyl (C=O) groups excluding carboxylic acids is 5. The number of fused-ring (bicyclic) bond motifs is 5. The predicted octanol–water partition coefficient (Wildman–Crippen LogP) is 3.51. The molecule has 0 radical (unpaired) electrons. The Bertz CT molecular complexity index is 2690. The summed E-state index contributed by atoms with van der Waals surface area (Å²) in [6.07, 6.45) is 1.66. The van der Waals surface area contributed by atoms with Crippen LogP contribution in [0.3, 0.4) is 0 Å². The van der Waals surface area contributed by atoms with Gasteiger partial charge in [-0.3, -0.25) is 28.7 Å². The molecule has 404 valence electrons. The number of hydrogen-bond acceptors (Lipinski definition) is 15. The average Bonchev–Trinajstić information content (AvgIpc) is 3.98. The van der Waals surface area contributed by atoms with Crippen LogP contribution in [0.4, 0.5) is 10.2 Å². The summed E-state index contributed by atoms with van der Waals surface area (Å²) in [7, 11) is 4.91. The highest BCUT2D eigenvalue weighted by Gasteiger charge is 2.45. The molecule has 6 N–H and O–H groups in total. The second-order valence-corrected chi connectivity index (χ2v) is 20.0. The number of anilines is 1. The van der Waals surface area contributed by atoms with Crippen LogP contribution in [0, 0.1) is 22.6 Å². The first-order chi connectivity index (χ1) is 35.7. The maximum absolute atomic E-state index is 14.5. The quantitative estimate of drug-likeness (QED) is 0.0748. The molecule has 2 bridgehead atoms. The molecule has 0 aliphatic carbocycles. The van der Waals surface area contributed by atoms with Crippen LogP contribution in [0.1, 0.15) is 106 Å². The number of ether oxygens (including phenoxy) is 3. The van der Waals surface area contributed by atoms with Crippen molar-refractivity contribution in [1.82, 2.24) is 55.7 Å². The normalized spacial score (nSPS) is 17.8. The maximum Gasteiger partial charge on any atom is 0.258 e. The summed E-state index contributed by atoms with van der Waals surface area (Å²) in [5, 5.41) is 27.2. The largest absolute Gasteiger partial charge is 0.467 e. The van der Waals surface area contributed by atoms with Crippen molar-refractivity contribution >= 4 is 35.4 Å². The molecule has 1 saturated heterocycles. The average molecular weight is 1040 g/mol. The van der Waals surface area contributed by atoms with E-state index < -0.39 is 41.4 Å². The fourth-order valence-corrected chi connectivity index (χ4v) is 9.02. The second kappa shape index (κ2) is 25.9. The van der Waals surface area contributed by atoms with E-state index >= 15 is 0 Å². The van der Waals surface area contributed by atoms with Crippen LogP contribution in [0.25, 0.3) is 11.3 Å². The number of nitrogens with zero attached hydrogens (tertiary/aromatic N) is 8. The summed E-state index contributed by atoms with van der Waals surface area (Å²) in [5.74, 6) is -2.17. The molecule has 22 heteroatoms. The molecule has 2 aromatic heterocycles. The first-order valence-electron chi connectivity index (χ1n) is 25.4. The van der Waals surface area contributed by atoms with Gasteiger partial charge < -0.3 is 55.9 Å². The van der Waals surface area contributed by atoms with E-state index in [0.717, 1.165) is 5.56 Å². The molecule has 6 atom stereocenters. The number of rotatable bonds is 21. The SMILES string of the molecule is CC[C@@H](NC(=O)[C@@H]1C[C@H](NCCOCCOCCC(=O)N(C)CCn2nc(C#N)c3c2CN(C)C(=O)c2ccc(F)cc2[C@@H](C)Oc2nc-3cnc2N)CN1C(=O)C(NC(=O)[C@H](C)NC)C(C)(C)C)c1ccccc1. The summed E-state index contributed by atoms with van der Waals surface area (Å²) in [6.45, 7) is 13.0. The summed E-state index contributed by atoms with van der Waals surface area (Å²) in [4.78, 5) is 82.0. The number of amides is 5. The van der Waals surface area contributed by atoms with Crippen LogP contribution in [-0.2, 0) is 41.7 Å². The minimum atomic E-state index is -0.880. The number of nitrogen functional groups attached to an aromatic ring is 1. The summed E-state index contributed by atoms with van der Waals surface area (Å²) in [5.41, 5.74) is 7.98. The number of nitrogens with one attached hydrogen (secondary N) is 4. The van der Waals surface area contributed by atoms with Crippen LogP contribution in [0.5, 0.6) is 5.88 Å². The number of carbonyl (C=O) groups is 5. The van der Waals surface area contributed by atoms with Gasteiger partial charge in [-0.1, -0.05) is 58.0 Å². The molecule has 1 unspecified atom stereocenters. The van der Waals surface area contributed by atoms with Crippen molar-refractivity contribution in [3.63, 3.8) is 0 Å². The number of likely N-dealkylation sites (N-methyl/N-ethyl adjacent to an activating group) is 2. The van der Waals surface area contributed by atoms with Crippen molar-refractivity contribution in [3.05, 3.63) is 88.6 Å². The van der Waals surface area contributed by atoms with Gasteiger partial charge in [-0.2, -0.15) is 10.4 Å². The molecule has 2 aromatic carbocycles. The zero-order valence-corrected chi connectivity index (χ0v) is 44.4. The minimum Gasteiger partial charge on any atom is -0.467 e. The van der Waals surface area contributed by atoms with Crippen molar-refractivity contribution in [1.29, 1.82) is 5.26 Å². The zero-order valence-electron chi connectivity index (χ0n) is 44.4. The molecule has 75 heavy (non-hydrogen) atoms. The first-order valence-corrected chi connectivity index (χ1v) is 25.4. The highest BCUT2D eigenvalue weighted by Crippen LogP contribution is 2.34. The zero-order chi connectivity index (χ0) is 54.6. The van der Waals surface area contributed by atoms with E-state index in [0.29, 0.717) is 37.3 Å². The molecule has 0 saturated carbocycles. The smallest absolute Gasteiger partial charge is 0.258 e. The fraction of sp³-hybridized carbons (Fsp3) is 0.528. The lowest BCUT2D eigenvalue weighted by atomic mass is 9.85. The Labute approximate surface area is 438 Å². The maximum atomic E-state index is 14.5. The van der Waals surface area contributed by atoms with Gasteiger partial charge in [0.05, 0.1) is 81.2 Å². The van der Waals surface area contributed by atoms with E-state index in [2.05, 4.69) is 42.4 Å². The third-order valence-corrected chi connectivity index (χ3v) is 13.5. The molecule has 5 amide bonds. The third kappa shape index (κ3) is 14.4. The molecular formula is C53H72FN13O8. The van der Waals surface area contributed by atoms with Crippen molar-refractivity contribution in [2.45, 2.75) is 110 Å². The molecule has 21 nitrogen and oxygen atoms in total. The lowest BCUT2D eigenvalue weighted by Crippen LogP contribution is -2.59. The molecule has 4 heterocycles. The van der Waals surface area contributed by atoms with E-state index in [4.69, 9.17) is 19.9 Å². The van der Waals surface area contributed by atoms with Crippen LogP contribution in [0.2, 0.25) is 0 Å². The molecule has 0 spiro atoms. The van der Waals surface area contributed by atoms with Crippen LogP contribution in [0.15, 0.2) is 54.7 Å². The van der Waals surface area contributed by atoms with Gasteiger partial charge in [-0.05, 0) is 62.9 Å². The highest BCUT2D eigenvalue weighted by atomic mass is 19.1. The van der Waals surface area contributed by atoms with Gasteiger partial charge in [0.15, 0.2) is 11.5 Å². The molecule has 1 fully saturated rings. The van der Waals surface area contributed by atoms with Gasteiger partial charge in [0.2, 0.25) is 23.6 Å². The number of benzene rings is 2. The van der Waals surface area contributed by atoms with Crippen molar-refractivity contribution in [2.75, 3.05) is 72.9 Å². The van der Waals surface area contributed by atoms with E-state index in [1.807, 2.05) is 58.0 Å². The Hall–Kier alpha value is -7.06. The first kappa shape index (κ1) is 57.2. The van der Waals surface area contributed by atoms with Crippen LogP contribution >= 0.6 is 0 Å². The summed E-state index contributed by atoms with van der Waals surface area (Å²) < 4.78 is 33.7. The van der Waals surface area contributed by atoms with Gasteiger partial charge in [0.1, 0.15) is 30.1 Å². The molecule has 4 aromatic rings. The van der Waals surface area contributed by atoms with Crippen molar-refractivity contribution < 1.29 is 42.6 Å². The van der Waals surface area contributed by atoms with Crippen LogP contribution < -0.4 is 31.7 Å². The Morgan fingerprint density at radius 1 is 1.07 bits per heavy atom. The number of likely N-dealkylation sites (tertiary alicyclic amines) is 1. The molecule has 2 aliphatic heterocycles. The Morgan fingerprint density at radius 3 is 2.47 bits per heavy atom. The lowest BCUT2D eigenvalue weighted by molar-refractivity contribution is -0.144. The predicted molar refractivity (Wildman–Crippen MR) is 277 cm³/mol. The minimum absolute atomic E-state index is 0.0200. The molecule has 6 rings (SSSR count). The van der Waals surface area contributed by atoms with Crippen molar-refractivity contribution in [3.8, 4) is 23.2 Å². The third-order valence-electron chi connectivity index (χ3n) is 13.5. The Morgan fingerprint density at radius 2 is 1.79 bits per heavy atom. The van der Waals surface area contributed by atoms with Gasteiger partial charge in [-0.15, -0.1) is 0 Å². The number of nitrogens with two attached hydrogens (primary N) is 1.